The van der Waals surface area contributed by atoms with Crippen molar-refractivity contribution < 1.29 is 27.5 Å². The molecule has 0 aromatic heterocycles. The average Bonchev–Trinajstić information content (AvgIpc) is 2.55. The maximum atomic E-state index is 13.5. The van der Waals surface area contributed by atoms with E-state index in [4.69, 9.17) is 4.74 Å². The number of hydrogen-bond acceptors (Lipinski definition) is 3. The van der Waals surface area contributed by atoms with Gasteiger partial charge >= 0.3 is 12.1 Å². The maximum absolute atomic E-state index is 13.5. The molecular formula is C19H17F3O3. The Labute approximate surface area is 143 Å². The molecule has 0 atom stereocenters. The molecule has 0 amide bonds. The third-order valence-electron chi connectivity index (χ3n) is 3.83. The summed E-state index contributed by atoms with van der Waals surface area (Å²) in [5.74, 6) is -1.53. The Morgan fingerprint density at radius 1 is 1.08 bits per heavy atom. The molecule has 0 N–H and O–H groups in total. The second kappa shape index (κ2) is 7.09. The number of esters is 1. The van der Waals surface area contributed by atoms with Gasteiger partial charge in [-0.05, 0) is 38.0 Å². The van der Waals surface area contributed by atoms with Crippen LogP contribution >= 0.6 is 0 Å². The summed E-state index contributed by atoms with van der Waals surface area (Å²) < 4.78 is 45.1. The SMILES string of the molecule is CCOC(=O)c1c(C)c(C(=O)c2ccccc2)cc(C)c1C(F)(F)F. The smallest absolute Gasteiger partial charge is 0.417 e. The number of benzene rings is 2. The van der Waals surface area contributed by atoms with Crippen molar-refractivity contribution >= 4 is 11.8 Å². The van der Waals surface area contributed by atoms with Gasteiger partial charge in [-0.1, -0.05) is 30.3 Å². The van der Waals surface area contributed by atoms with Crippen LogP contribution in [0.5, 0.6) is 0 Å². The van der Waals surface area contributed by atoms with Crippen LogP contribution in [0.4, 0.5) is 13.2 Å². The van der Waals surface area contributed by atoms with E-state index in [1.165, 1.54) is 26.8 Å². The second-order valence-corrected chi connectivity index (χ2v) is 5.53. The van der Waals surface area contributed by atoms with Crippen molar-refractivity contribution in [2.24, 2.45) is 0 Å². The highest BCUT2D eigenvalue weighted by Crippen LogP contribution is 2.38. The Morgan fingerprint density at radius 3 is 2.20 bits per heavy atom. The van der Waals surface area contributed by atoms with Crippen molar-refractivity contribution in [3.63, 3.8) is 0 Å². The Balaban J connectivity index is 2.73. The molecule has 6 heteroatoms. The fourth-order valence-corrected chi connectivity index (χ4v) is 2.72. The lowest BCUT2D eigenvalue weighted by molar-refractivity contribution is -0.138. The number of ketones is 1. The Hall–Kier alpha value is -2.63. The number of aryl methyl sites for hydroxylation is 1. The highest BCUT2D eigenvalue weighted by molar-refractivity contribution is 6.11. The molecule has 0 fully saturated rings. The normalized spacial score (nSPS) is 11.3. The summed E-state index contributed by atoms with van der Waals surface area (Å²) in [5, 5.41) is 0. The quantitative estimate of drug-likeness (QED) is 0.591. The number of carbonyl (C=O) groups excluding carboxylic acids is 2. The average molecular weight is 350 g/mol. The monoisotopic (exact) mass is 350 g/mol. The minimum atomic E-state index is -4.73. The molecule has 132 valence electrons. The van der Waals surface area contributed by atoms with Crippen molar-refractivity contribution in [1.29, 1.82) is 0 Å². The second-order valence-electron chi connectivity index (χ2n) is 5.53. The maximum Gasteiger partial charge on any atom is 0.417 e. The molecule has 0 saturated carbocycles. The largest absolute Gasteiger partial charge is 0.462 e. The fourth-order valence-electron chi connectivity index (χ4n) is 2.72. The summed E-state index contributed by atoms with van der Waals surface area (Å²) in [6, 6.07) is 9.36. The van der Waals surface area contributed by atoms with Crippen molar-refractivity contribution in [2.75, 3.05) is 6.61 Å². The summed E-state index contributed by atoms with van der Waals surface area (Å²) in [5.41, 5.74) is -1.51. The van der Waals surface area contributed by atoms with Gasteiger partial charge in [0, 0.05) is 11.1 Å². The lowest BCUT2D eigenvalue weighted by Gasteiger charge is -2.19. The van der Waals surface area contributed by atoms with E-state index < -0.39 is 29.1 Å². The van der Waals surface area contributed by atoms with Crippen molar-refractivity contribution in [3.8, 4) is 0 Å². The van der Waals surface area contributed by atoms with Gasteiger partial charge in [-0.25, -0.2) is 4.79 Å². The molecule has 0 heterocycles. The number of ether oxygens (including phenoxy) is 1. The van der Waals surface area contributed by atoms with Gasteiger partial charge < -0.3 is 4.74 Å². The van der Waals surface area contributed by atoms with Crippen LogP contribution in [0.3, 0.4) is 0 Å². The van der Waals surface area contributed by atoms with Gasteiger partial charge in [0.25, 0.3) is 0 Å². The Bertz CT molecular complexity index is 809. The van der Waals surface area contributed by atoms with Gasteiger partial charge in [-0.3, -0.25) is 4.79 Å². The molecule has 0 aliphatic heterocycles. The molecule has 0 saturated heterocycles. The van der Waals surface area contributed by atoms with Gasteiger partial charge in [0.15, 0.2) is 5.78 Å². The van der Waals surface area contributed by atoms with E-state index in [0.717, 1.165) is 0 Å². The summed E-state index contributed by atoms with van der Waals surface area (Å²) >= 11 is 0. The highest BCUT2D eigenvalue weighted by atomic mass is 19.4. The van der Waals surface area contributed by atoms with Crippen LogP contribution in [-0.2, 0) is 10.9 Å². The zero-order valence-electron chi connectivity index (χ0n) is 14.0. The number of carbonyl (C=O) groups is 2. The summed E-state index contributed by atoms with van der Waals surface area (Å²) in [6.07, 6.45) is -4.73. The van der Waals surface area contributed by atoms with E-state index in [9.17, 15) is 22.8 Å². The molecule has 0 unspecified atom stereocenters. The van der Waals surface area contributed by atoms with E-state index in [1.54, 1.807) is 30.3 Å². The number of hydrogen-bond donors (Lipinski definition) is 0. The van der Waals surface area contributed by atoms with Crippen LogP contribution in [-0.4, -0.2) is 18.4 Å². The van der Waals surface area contributed by atoms with Gasteiger partial charge in [-0.15, -0.1) is 0 Å². The topological polar surface area (TPSA) is 43.4 Å². The van der Waals surface area contributed by atoms with E-state index in [-0.39, 0.29) is 23.3 Å². The molecule has 2 aromatic rings. The molecule has 0 aliphatic rings. The van der Waals surface area contributed by atoms with Gasteiger partial charge in [0.1, 0.15) is 0 Å². The van der Waals surface area contributed by atoms with Crippen molar-refractivity contribution in [3.05, 3.63) is 69.8 Å². The fraction of sp³-hybridized carbons (Fsp3) is 0.263. The summed E-state index contributed by atoms with van der Waals surface area (Å²) in [6.45, 7) is 4.00. The number of rotatable bonds is 4. The molecule has 2 aromatic carbocycles. The first-order valence-electron chi connectivity index (χ1n) is 7.66. The first-order valence-corrected chi connectivity index (χ1v) is 7.66. The van der Waals surface area contributed by atoms with Crippen molar-refractivity contribution in [2.45, 2.75) is 26.9 Å². The van der Waals surface area contributed by atoms with Crippen LogP contribution in [0.15, 0.2) is 36.4 Å². The third kappa shape index (κ3) is 3.73. The first kappa shape index (κ1) is 18.7. The van der Waals surface area contributed by atoms with Gasteiger partial charge in [0.05, 0.1) is 17.7 Å². The van der Waals surface area contributed by atoms with E-state index in [2.05, 4.69) is 0 Å². The lowest BCUT2D eigenvalue weighted by atomic mass is 9.89. The Kier molecular flexibility index (Phi) is 5.30. The zero-order valence-corrected chi connectivity index (χ0v) is 14.0. The Morgan fingerprint density at radius 2 is 1.68 bits per heavy atom. The molecular weight excluding hydrogens is 333 g/mol. The summed E-state index contributed by atoms with van der Waals surface area (Å²) in [7, 11) is 0. The zero-order chi connectivity index (χ0) is 18.8. The van der Waals surface area contributed by atoms with E-state index in [0.29, 0.717) is 5.56 Å². The summed E-state index contributed by atoms with van der Waals surface area (Å²) in [4.78, 5) is 24.8. The van der Waals surface area contributed by atoms with E-state index in [1.807, 2.05) is 0 Å². The number of halogens is 3. The van der Waals surface area contributed by atoms with Gasteiger partial charge in [0.2, 0.25) is 0 Å². The minimum Gasteiger partial charge on any atom is -0.462 e. The molecule has 0 spiro atoms. The van der Waals surface area contributed by atoms with Crippen LogP contribution < -0.4 is 0 Å². The third-order valence-corrected chi connectivity index (χ3v) is 3.83. The molecule has 25 heavy (non-hydrogen) atoms. The first-order chi connectivity index (χ1) is 11.7. The van der Waals surface area contributed by atoms with Crippen LogP contribution in [0.25, 0.3) is 0 Å². The van der Waals surface area contributed by atoms with Crippen LogP contribution in [0, 0.1) is 13.8 Å². The highest BCUT2D eigenvalue weighted by Gasteiger charge is 2.39. The predicted octanol–water partition coefficient (Wildman–Crippen LogP) is 4.73. The molecule has 0 radical (unpaired) electrons. The molecule has 0 bridgehead atoms. The minimum absolute atomic E-state index is 0.0368. The molecule has 3 nitrogen and oxygen atoms in total. The standard InChI is InChI=1S/C19H17F3O3/c1-4-25-18(24)15-12(3)14(10-11(2)16(15)19(20,21)22)17(23)13-8-6-5-7-9-13/h5-10H,4H2,1-3H3. The van der Waals surface area contributed by atoms with Crippen LogP contribution in [0.1, 0.15) is 49.9 Å². The number of alkyl halides is 3. The van der Waals surface area contributed by atoms with Crippen LogP contribution in [0.2, 0.25) is 0 Å². The predicted molar refractivity (Wildman–Crippen MR) is 86.7 cm³/mol. The van der Waals surface area contributed by atoms with E-state index >= 15 is 0 Å². The lowest BCUT2D eigenvalue weighted by Crippen LogP contribution is -2.21. The molecule has 0 aliphatic carbocycles. The van der Waals surface area contributed by atoms with Gasteiger partial charge in [-0.2, -0.15) is 13.2 Å². The molecule has 2 rings (SSSR count). The van der Waals surface area contributed by atoms with Crippen molar-refractivity contribution in [1.82, 2.24) is 0 Å².